The van der Waals surface area contributed by atoms with Gasteiger partial charge >= 0.3 is 0 Å². The summed E-state index contributed by atoms with van der Waals surface area (Å²) in [5.74, 6) is -0.334. The summed E-state index contributed by atoms with van der Waals surface area (Å²) in [6, 6.07) is 5.22. The minimum absolute atomic E-state index is 0.00325. The molecule has 21 heavy (non-hydrogen) atoms. The molecule has 0 fully saturated rings. The number of hydrogen-bond acceptors (Lipinski definition) is 4. The van der Waals surface area contributed by atoms with Crippen LogP contribution in [0.2, 0.25) is 0 Å². The summed E-state index contributed by atoms with van der Waals surface area (Å²) in [7, 11) is -1.76. The third kappa shape index (κ3) is 5.13. The summed E-state index contributed by atoms with van der Waals surface area (Å²) in [6.45, 7) is 4.76. The first-order chi connectivity index (χ1) is 9.77. The number of carbonyl (C=O) groups is 1. The number of carbonyl (C=O) groups excluding carboxylic acids is 1. The lowest BCUT2D eigenvalue weighted by Gasteiger charge is -2.16. The molecule has 0 aromatic heterocycles. The SMILES string of the molecule is Cc1ccc(S(=O)(=O)CCC(=O)N(C)CCCN)c(C)c1. The van der Waals surface area contributed by atoms with Gasteiger partial charge in [0.15, 0.2) is 9.84 Å². The molecule has 0 heterocycles. The highest BCUT2D eigenvalue weighted by molar-refractivity contribution is 7.91. The first kappa shape index (κ1) is 17.7. The van der Waals surface area contributed by atoms with E-state index in [-0.39, 0.29) is 18.1 Å². The van der Waals surface area contributed by atoms with Crippen molar-refractivity contribution < 1.29 is 13.2 Å². The number of rotatable bonds is 7. The van der Waals surface area contributed by atoms with Gasteiger partial charge in [0.25, 0.3) is 0 Å². The van der Waals surface area contributed by atoms with Gasteiger partial charge in [-0.1, -0.05) is 17.7 Å². The molecule has 0 bridgehead atoms. The minimum atomic E-state index is -3.43. The molecule has 5 nitrogen and oxygen atoms in total. The summed E-state index contributed by atoms with van der Waals surface area (Å²) in [6.07, 6.45) is 0.711. The highest BCUT2D eigenvalue weighted by atomic mass is 32.2. The molecule has 0 aliphatic carbocycles. The maximum atomic E-state index is 12.3. The number of benzene rings is 1. The Balaban J connectivity index is 2.71. The molecule has 0 aliphatic rings. The molecule has 0 radical (unpaired) electrons. The van der Waals surface area contributed by atoms with Crippen LogP contribution in [0, 0.1) is 13.8 Å². The number of nitrogens with zero attached hydrogens (tertiary/aromatic N) is 1. The van der Waals surface area contributed by atoms with Crippen molar-refractivity contribution in [3.63, 3.8) is 0 Å². The largest absolute Gasteiger partial charge is 0.346 e. The van der Waals surface area contributed by atoms with E-state index in [4.69, 9.17) is 5.73 Å². The molecule has 6 heteroatoms. The molecule has 0 saturated heterocycles. The summed E-state index contributed by atoms with van der Waals surface area (Å²) in [5, 5.41) is 0. The second kappa shape index (κ2) is 7.56. The lowest BCUT2D eigenvalue weighted by Crippen LogP contribution is -2.30. The number of hydrogen-bond donors (Lipinski definition) is 1. The monoisotopic (exact) mass is 312 g/mol. The van der Waals surface area contributed by atoms with Gasteiger partial charge in [-0.3, -0.25) is 4.79 Å². The molecule has 0 aliphatic heterocycles. The van der Waals surface area contributed by atoms with Gasteiger partial charge in [0.1, 0.15) is 0 Å². The van der Waals surface area contributed by atoms with Crippen LogP contribution in [0.4, 0.5) is 0 Å². The lowest BCUT2D eigenvalue weighted by molar-refractivity contribution is -0.129. The fourth-order valence-electron chi connectivity index (χ4n) is 2.12. The van der Waals surface area contributed by atoms with Crippen molar-refractivity contribution in [3.8, 4) is 0 Å². The van der Waals surface area contributed by atoms with Crippen LogP contribution in [-0.2, 0) is 14.6 Å². The number of nitrogens with two attached hydrogens (primary N) is 1. The van der Waals surface area contributed by atoms with Crippen LogP contribution < -0.4 is 5.73 Å². The molecule has 1 aromatic carbocycles. The van der Waals surface area contributed by atoms with E-state index in [0.717, 1.165) is 11.1 Å². The highest BCUT2D eigenvalue weighted by Crippen LogP contribution is 2.18. The molecular formula is C15H24N2O3S. The molecule has 1 aromatic rings. The second-order valence-electron chi connectivity index (χ2n) is 5.30. The normalized spacial score (nSPS) is 11.4. The lowest BCUT2D eigenvalue weighted by atomic mass is 10.2. The summed E-state index contributed by atoms with van der Waals surface area (Å²) >= 11 is 0. The Morgan fingerprint density at radius 1 is 1.29 bits per heavy atom. The molecule has 0 unspecified atom stereocenters. The Kier molecular flexibility index (Phi) is 6.36. The molecule has 0 saturated carbocycles. The van der Waals surface area contributed by atoms with Crippen molar-refractivity contribution >= 4 is 15.7 Å². The van der Waals surface area contributed by atoms with Crippen molar-refractivity contribution in [1.29, 1.82) is 0 Å². The third-order valence-corrected chi connectivity index (χ3v) is 5.24. The van der Waals surface area contributed by atoms with E-state index >= 15 is 0 Å². The fraction of sp³-hybridized carbons (Fsp3) is 0.533. The molecule has 0 spiro atoms. The topological polar surface area (TPSA) is 80.5 Å². The van der Waals surface area contributed by atoms with E-state index in [2.05, 4.69) is 0 Å². The van der Waals surface area contributed by atoms with Crippen LogP contribution in [-0.4, -0.2) is 45.1 Å². The van der Waals surface area contributed by atoms with Crippen molar-refractivity contribution in [2.45, 2.75) is 31.6 Å². The van der Waals surface area contributed by atoms with Crippen molar-refractivity contribution in [2.75, 3.05) is 25.9 Å². The number of aryl methyl sites for hydroxylation is 2. The Morgan fingerprint density at radius 2 is 1.95 bits per heavy atom. The maximum Gasteiger partial charge on any atom is 0.223 e. The zero-order valence-corrected chi connectivity index (χ0v) is 13.7. The smallest absolute Gasteiger partial charge is 0.223 e. The molecule has 1 amide bonds. The number of amides is 1. The predicted octanol–water partition coefficient (Wildman–Crippen LogP) is 1.27. The zero-order valence-electron chi connectivity index (χ0n) is 12.9. The van der Waals surface area contributed by atoms with Gasteiger partial charge in [0, 0.05) is 20.0 Å². The summed E-state index contributed by atoms with van der Waals surface area (Å²) in [4.78, 5) is 13.7. The quantitative estimate of drug-likeness (QED) is 0.822. The van der Waals surface area contributed by atoms with Gasteiger partial charge in [-0.05, 0) is 38.4 Å². The molecule has 2 N–H and O–H groups in total. The van der Waals surface area contributed by atoms with Gasteiger partial charge in [-0.2, -0.15) is 0 Å². The molecule has 118 valence electrons. The predicted molar refractivity (Wildman–Crippen MR) is 83.9 cm³/mol. The Bertz CT molecular complexity index is 597. The van der Waals surface area contributed by atoms with E-state index < -0.39 is 9.84 Å². The second-order valence-corrected chi connectivity index (χ2v) is 7.37. The van der Waals surface area contributed by atoms with Crippen LogP contribution in [0.15, 0.2) is 23.1 Å². The third-order valence-electron chi connectivity index (χ3n) is 3.37. The molecule has 0 atom stereocenters. The highest BCUT2D eigenvalue weighted by Gasteiger charge is 2.19. The van der Waals surface area contributed by atoms with Gasteiger partial charge < -0.3 is 10.6 Å². The van der Waals surface area contributed by atoms with Crippen molar-refractivity contribution in [3.05, 3.63) is 29.3 Å². The van der Waals surface area contributed by atoms with E-state index in [9.17, 15) is 13.2 Å². The average Bonchev–Trinajstić information content (AvgIpc) is 2.41. The van der Waals surface area contributed by atoms with Crippen molar-refractivity contribution in [2.24, 2.45) is 5.73 Å². The van der Waals surface area contributed by atoms with Crippen LogP contribution in [0.25, 0.3) is 0 Å². The molecule has 1 rings (SSSR count). The zero-order chi connectivity index (χ0) is 16.0. The minimum Gasteiger partial charge on any atom is -0.346 e. The summed E-state index contributed by atoms with van der Waals surface area (Å²) < 4.78 is 24.6. The van der Waals surface area contributed by atoms with Crippen molar-refractivity contribution in [1.82, 2.24) is 4.90 Å². The Hall–Kier alpha value is -1.40. The first-order valence-corrected chi connectivity index (χ1v) is 8.67. The standard InChI is InChI=1S/C15H24N2O3S/c1-12-5-6-14(13(2)11-12)21(19,20)10-7-15(18)17(3)9-4-8-16/h5-6,11H,4,7-10,16H2,1-3H3. The summed E-state index contributed by atoms with van der Waals surface area (Å²) in [5.41, 5.74) is 7.13. The van der Waals surface area contributed by atoms with Crippen LogP contribution in [0.3, 0.4) is 0 Å². The van der Waals surface area contributed by atoms with E-state index in [1.165, 1.54) is 4.90 Å². The fourth-order valence-corrected chi connectivity index (χ4v) is 3.61. The Morgan fingerprint density at radius 3 is 2.52 bits per heavy atom. The van der Waals surface area contributed by atoms with Crippen LogP contribution in [0.1, 0.15) is 24.0 Å². The van der Waals surface area contributed by atoms with Crippen LogP contribution in [0.5, 0.6) is 0 Å². The first-order valence-electron chi connectivity index (χ1n) is 7.02. The van der Waals surface area contributed by atoms with E-state index in [1.54, 1.807) is 26.1 Å². The van der Waals surface area contributed by atoms with E-state index in [0.29, 0.717) is 24.4 Å². The van der Waals surface area contributed by atoms with Crippen LogP contribution >= 0.6 is 0 Å². The van der Waals surface area contributed by atoms with Gasteiger partial charge in [-0.25, -0.2) is 8.42 Å². The maximum absolute atomic E-state index is 12.3. The average molecular weight is 312 g/mol. The Labute approximate surface area is 127 Å². The van der Waals surface area contributed by atoms with Gasteiger partial charge in [0.05, 0.1) is 10.6 Å². The number of sulfone groups is 1. The molecular weight excluding hydrogens is 288 g/mol. The van der Waals surface area contributed by atoms with E-state index in [1.807, 2.05) is 13.0 Å². The van der Waals surface area contributed by atoms with Gasteiger partial charge in [0.2, 0.25) is 5.91 Å². The van der Waals surface area contributed by atoms with Gasteiger partial charge in [-0.15, -0.1) is 0 Å².